The van der Waals surface area contributed by atoms with Crippen molar-refractivity contribution in [3.05, 3.63) is 70.3 Å². The number of hydrogen-bond acceptors (Lipinski definition) is 5. The fourth-order valence-electron chi connectivity index (χ4n) is 8.35. The fraction of sp³-hybridized carbons (Fsp3) is 0.579. The maximum Gasteiger partial charge on any atom is 0.263 e. The first-order valence-electron chi connectivity index (χ1n) is 17.5. The molecule has 2 aromatic carbocycles. The standard InChI is InChI=1S/C38H50ClN3O4S/c1-6-8-26-18-29(39)12-13-30(26)28-20-42-21-34-24(3)17-33(34)31(32-15-16-41(5)38(32)44)10-7-9-23(2)25(4)47(45)40-37(43)27-11-14-36(46-22-28)35(42)19-27/h7,10-14,18-19,23-25,28,31-34H,6,8-9,15-17,20-22H2,1-5H3,(H,40,43)/b10-7+. The van der Waals surface area contributed by atoms with E-state index in [0.717, 1.165) is 68.2 Å². The number of amides is 2. The molecular weight excluding hydrogens is 630 g/mol. The van der Waals surface area contributed by atoms with Crippen LogP contribution >= 0.6 is 11.6 Å². The van der Waals surface area contributed by atoms with Crippen LogP contribution in [0.1, 0.15) is 80.8 Å². The summed E-state index contributed by atoms with van der Waals surface area (Å²) in [6.45, 7) is 11.4. The topological polar surface area (TPSA) is 79.0 Å². The number of fused-ring (bicyclic) bond motifs is 2. The van der Waals surface area contributed by atoms with Crippen LogP contribution < -0.4 is 14.4 Å². The van der Waals surface area contributed by atoms with Gasteiger partial charge in [-0.1, -0.05) is 57.0 Å². The minimum atomic E-state index is -1.55. The Labute approximate surface area is 288 Å². The van der Waals surface area contributed by atoms with Crippen LogP contribution in [-0.2, 0) is 22.2 Å². The summed E-state index contributed by atoms with van der Waals surface area (Å²) >= 11 is 6.46. The molecule has 0 aromatic heterocycles. The first kappa shape index (κ1) is 34.0. The Balaban J connectivity index is 1.41. The Hall–Kier alpha value is -2.84. The van der Waals surface area contributed by atoms with Gasteiger partial charge in [-0.2, -0.15) is 0 Å². The number of carbonyl (C=O) groups excluding carboxylic acids is 2. The van der Waals surface area contributed by atoms with E-state index in [4.69, 9.17) is 16.3 Å². The van der Waals surface area contributed by atoms with E-state index in [0.29, 0.717) is 29.9 Å². The molecule has 4 aliphatic rings. The van der Waals surface area contributed by atoms with Crippen LogP contribution in [0.3, 0.4) is 0 Å². The van der Waals surface area contributed by atoms with E-state index in [2.05, 4.69) is 54.7 Å². The summed E-state index contributed by atoms with van der Waals surface area (Å²) in [5, 5.41) is 0.512. The maximum atomic E-state index is 13.5. The Morgan fingerprint density at radius 1 is 1.04 bits per heavy atom. The number of benzene rings is 2. The van der Waals surface area contributed by atoms with Crippen molar-refractivity contribution in [2.45, 2.75) is 71.0 Å². The van der Waals surface area contributed by atoms with Crippen LogP contribution in [0, 0.1) is 35.5 Å². The van der Waals surface area contributed by atoms with Crippen molar-refractivity contribution < 1.29 is 18.5 Å². The van der Waals surface area contributed by atoms with Crippen LogP contribution in [0.2, 0.25) is 5.02 Å². The van der Waals surface area contributed by atoms with E-state index in [-0.39, 0.29) is 40.7 Å². The summed E-state index contributed by atoms with van der Waals surface area (Å²) in [5.41, 5.74) is 3.88. The molecule has 6 rings (SSSR count). The predicted octanol–water partition coefficient (Wildman–Crippen LogP) is 7.02. The molecule has 2 bridgehead atoms. The third-order valence-corrected chi connectivity index (χ3v) is 13.3. The number of halogens is 1. The predicted molar refractivity (Wildman–Crippen MR) is 190 cm³/mol. The van der Waals surface area contributed by atoms with Gasteiger partial charge in [0.1, 0.15) is 16.7 Å². The molecule has 9 atom stereocenters. The minimum absolute atomic E-state index is 0.0129. The molecule has 2 amide bonds. The summed E-state index contributed by atoms with van der Waals surface area (Å²) in [7, 11) is 0.375. The Morgan fingerprint density at radius 2 is 1.85 bits per heavy atom. The minimum Gasteiger partial charge on any atom is -0.491 e. The van der Waals surface area contributed by atoms with Gasteiger partial charge in [0.25, 0.3) is 5.91 Å². The molecule has 9 unspecified atom stereocenters. The van der Waals surface area contributed by atoms with Gasteiger partial charge in [0.05, 0.1) is 17.5 Å². The van der Waals surface area contributed by atoms with Crippen LogP contribution in [0.25, 0.3) is 0 Å². The van der Waals surface area contributed by atoms with Gasteiger partial charge >= 0.3 is 0 Å². The summed E-state index contributed by atoms with van der Waals surface area (Å²) in [4.78, 5) is 31.2. The lowest BCUT2D eigenvalue weighted by Gasteiger charge is -2.50. The number of carbonyl (C=O) groups is 2. The zero-order valence-electron chi connectivity index (χ0n) is 28.4. The average Bonchev–Trinajstić information content (AvgIpc) is 3.27. The van der Waals surface area contributed by atoms with Crippen molar-refractivity contribution in [2.24, 2.45) is 35.5 Å². The Morgan fingerprint density at radius 3 is 2.57 bits per heavy atom. The highest BCUT2D eigenvalue weighted by atomic mass is 35.5. The number of allylic oxidation sites excluding steroid dienone is 2. The van der Waals surface area contributed by atoms with Crippen LogP contribution in [-0.4, -0.2) is 59.5 Å². The Kier molecular flexibility index (Phi) is 10.4. The van der Waals surface area contributed by atoms with Crippen LogP contribution in [0.5, 0.6) is 5.75 Å². The number of anilines is 1. The van der Waals surface area contributed by atoms with Gasteiger partial charge < -0.3 is 14.5 Å². The van der Waals surface area contributed by atoms with Crippen molar-refractivity contribution in [1.82, 2.24) is 9.62 Å². The second kappa shape index (κ2) is 14.3. The third kappa shape index (κ3) is 7.01. The van der Waals surface area contributed by atoms with Gasteiger partial charge in [-0.15, -0.1) is 0 Å². The van der Waals surface area contributed by atoms with Gasteiger partial charge in [-0.25, -0.2) is 4.21 Å². The largest absolute Gasteiger partial charge is 0.491 e. The van der Waals surface area contributed by atoms with E-state index in [1.165, 1.54) is 11.1 Å². The highest BCUT2D eigenvalue weighted by Gasteiger charge is 2.48. The highest BCUT2D eigenvalue weighted by molar-refractivity contribution is 7.84. The van der Waals surface area contributed by atoms with Crippen molar-refractivity contribution in [2.75, 3.05) is 38.2 Å². The van der Waals surface area contributed by atoms with E-state index in [9.17, 15) is 13.8 Å². The third-order valence-electron chi connectivity index (χ3n) is 11.5. The summed E-state index contributed by atoms with van der Waals surface area (Å²) in [6.07, 6.45) is 9.21. The SMILES string of the molecule is CCCc1cc(Cl)ccc1C1COc2ccc3cc2N(C1)CC1C(C)CC1C(C1CCN(C)C1=O)/C=C/CC(C)C(C)S(=O)NC3=O. The molecule has 0 spiro atoms. The average molecular weight is 680 g/mol. The van der Waals surface area contributed by atoms with Gasteiger partial charge in [-0.05, 0) is 104 Å². The molecule has 1 N–H and O–H groups in total. The number of rotatable bonds is 4. The van der Waals surface area contributed by atoms with E-state index in [1.807, 2.05) is 37.1 Å². The van der Waals surface area contributed by atoms with Crippen molar-refractivity contribution in [3.63, 3.8) is 0 Å². The maximum absolute atomic E-state index is 13.5. The van der Waals surface area contributed by atoms with Gasteiger partial charge in [-0.3, -0.25) is 14.3 Å². The number of aryl methyl sites for hydroxylation is 1. The zero-order valence-corrected chi connectivity index (χ0v) is 30.0. The summed E-state index contributed by atoms with van der Waals surface area (Å²) < 4.78 is 22.7. The molecule has 1 aliphatic carbocycles. The number of nitrogens with zero attached hydrogens (tertiary/aromatic N) is 2. The Bertz CT molecular complexity index is 1550. The molecule has 0 radical (unpaired) electrons. The van der Waals surface area contributed by atoms with Crippen LogP contribution in [0.15, 0.2) is 48.6 Å². The molecule has 1 saturated heterocycles. The zero-order chi connectivity index (χ0) is 33.4. The lowest BCUT2D eigenvalue weighted by molar-refractivity contribution is -0.132. The number of hydrogen-bond donors (Lipinski definition) is 1. The van der Waals surface area contributed by atoms with Crippen LogP contribution in [0.4, 0.5) is 5.69 Å². The first-order chi connectivity index (χ1) is 22.5. The second-order valence-electron chi connectivity index (χ2n) is 14.5. The normalized spacial score (nSPS) is 33.7. The van der Waals surface area contributed by atoms with E-state index < -0.39 is 11.0 Å². The molecule has 7 nitrogen and oxygen atoms in total. The van der Waals surface area contributed by atoms with Gasteiger partial charge in [0, 0.05) is 49.1 Å². The lowest BCUT2D eigenvalue weighted by Crippen LogP contribution is -2.49. The second-order valence-corrected chi connectivity index (χ2v) is 16.5. The van der Waals surface area contributed by atoms with E-state index in [1.54, 1.807) is 6.07 Å². The molecule has 2 fully saturated rings. The molecule has 3 aliphatic heterocycles. The molecule has 3 heterocycles. The molecule has 47 heavy (non-hydrogen) atoms. The number of ether oxygens (including phenoxy) is 1. The quantitative estimate of drug-likeness (QED) is 0.352. The monoisotopic (exact) mass is 679 g/mol. The molecule has 254 valence electrons. The number of nitrogens with one attached hydrogen (secondary N) is 1. The highest BCUT2D eigenvalue weighted by Crippen LogP contribution is 2.50. The molecule has 9 heteroatoms. The van der Waals surface area contributed by atoms with E-state index >= 15 is 0 Å². The fourth-order valence-corrected chi connectivity index (χ4v) is 9.56. The smallest absolute Gasteiger partial charge is 0.263 e. The summed E-state index contributed by atoms with van der Waals surface area (Å²) in [5.74, 6) is 2.28. The lowest BCUT2D eigenvalue weighted by atomic mass is 9.57. The number of likely N-dealkylation sites (tertiary alicyclic amines) is 1. The van der Waals surface area contributed by atoms with Crippen molar-refractivity contribution >= 4 is 40.1 Å². The van der Waals surface area contributed by atoms with Crippen molar-refractivity contribution in [3.8, 4) is 5.75 Å². The molecular formula is C38H50ClN3O4S. The first-order valence-corrected chi connectivity index (χ1v) is 19.1. The van der Waals surface area contributed by atoms with Gasteiger partial charge in [0.2, 0.25) is 5.91 Å². The van der Waals surface area contributed by atoms with Crippen molar-refractivity contribution in [1.29, 1.82) is 0 Å². The van der Waals surface area contributed by atoms with Gasteiger partial charge in [0.15, 0.2) is 0 Å². The molecule has 1 saturated carbocycles. The molecule has 2 aromatic rings. The summed E-state index contributed by atoms with van der Waals surface area (Å²) in [6, 6.07) is 11.8.